The molecule has 0 radical (unpaired) electrons. The van der Waals surface area contributed by atoms with Crippen LogP contribution in [0.3, 0.4) is 0 Å². The molecule has 1 saturated carbocycles. The van der Waals surface area contributed by atoms with E-state index in [0.717, 1.165) is 12.8 Å². The number of fused-ring (bicyclic) bond motifs is 2. The van der Waals surface area contributed by atoms with Crippen LogP contribution in [0.4, 0.5) is 0 Å². The van der Waals surface area contributed by atoms with E-state index in [2.05, 4.69) is 26.0 Å². The average molecular weight is 368 g/mol. The van der Waals surface area contributed by atoms with Crippen LogP contribution in [0.15, 0.2) is 12.2 Å². The molecule has 0 amide bonds. The molecule has 26 heavy (non-hydrogen) atoms. The van der Waals surface area contributed by atoms with Crippen LogP contribution in [-0.4, -0.2) is 52.6 Å². The van der Waals surface area contributed by atoms with Crippen molar-refractivity contribution >= 4 is 11.9 Å². The van der Waals surface area contributed by atoms with Crippen molar-refractivity contribution in [2.45, 2.75) is 33.6 Å². The van der Waals surface area contributed by atoms with Gasteiger partial charge in [-0.2, -0.15) is 0 Å². The van der Waals surface area contributed by atoms with Gasteiger partial charge in [-0.15, -0.1) is 0 Å². The van der Waals surface area contributed by atoms with Crippen LogP contribution < -0.4 is 0 Å². The predicted molar refractivity (Wildman–Crippen MR) is 96.4 cm³/mol. The molecule has 6 heteroatoms. The van der Waals surface area contributed by atoms with E-state index in [1.807, 2.05) is 6.92 Å². The van der Waals surface area contributed by atoms with Crippen molar-refractivity contribution < 1.29 is 28.5 Å². The number of hydrogen-bond donors (Lipinski definition) is 0. The van der Waals surface area contributed by atoms with E-state index in [1.54, 1.807) is 14.2 Å². The third kappa shape index (κ3) is 3.81. The fourth-order valence-electron chi connectivity index (χ4n) is 4.44. The van der Waals surface area contributed by atoms with Crippen molar-refractivity contribution in [2.75, 3.05) is 40.6 Å². The number of methoxy groups -OCH3 is 2. The minimum Gasteiger partial charge on any atom is -0.463 e. The van der Waals surface area contributed by atoms with Crippen LogP contribution in [0.25, 0.3) is 0 Å². The lowest BCUT2D eigenvalue weighted by Gasteiger charge is -2.57. The third-order valence-electron chi connectivity index (χ3n) is 6.14. The summed E-state index contributed by atoms with van der Waals surface area (Å²) >= 11 is 0. The summed E-state index contributed by atoms with van der Waals surface area (Å²) in [6.07, 6.45) is 5.97. The fourth-order valence-corrected chi connectivity index (χ4v) is 4.44. The summed E-state index contributed by atoms with van der Waals surface area (Å²) in [6, 6.07) is 0. The van der Waals surface area contributed by atoms with E-state index >= 15 is 0 Å². The van der Waals surface area contributed by atoms with Gasteiger partial charge in [0.05, 0.1) is 25.0 Å². The van der Waals surface area contributed by atoms with Gasteiger partial charge < -0.3 is 18.9 Å². The first-order valence-corrected chi connectivity index (χ1v) is 9.34. The summed E-state index contributed by atoms with van der Waals surface area (Å²) in [4.78, 5) is 25.9. The molecule has 3 aliphatic carbocycles. The van der Waals surface area contributed by atoms with Crippen LogP contribution in [-0.2, 0) is 28.5 Å². The van der Waals surface area contributed by atoms with Gasteiger partial charge in [-0.25, -0.2) is 0 Å². The Labute approximate surface area is 156 Å². The van der Waals surface area contributed by atoms with Gasteiger partial charge in [-0.05, 0) is 24.2 Å². The largest absolute Gasteiger partial charge is 0.463 e. The maximum absolute atomic E-state index is 13.0. The third-order valence-corrected chi connectivity index (χ3v) is 6.14. The van der Waals surface area contributed by atoms with Crippen LogP contribution in [0.5, 0.6) is 0 Å². The minimum absolute atomic E-state index is 0.186. The molecule has 0 saturated heterocycles. The number of hydrogen-bond acceptors (Lipinski definition) is 6. The Morgan fingerprint density at radius 2 is 1.46 bits per heavy atom. The van der Waals surface area contributed by atoms with Gasteiger partial charge in [-0.1, -0.05) is 32.9 Å². The topological polar surface area (TPSA) is 71.1 Å². The van der Waals surface area contributed by atoms with Crippen molar-refractivity contribution in [3.05, 3.63) is 12.2 Å². The summed E-state index contributed by atoms with van der Waals surface area (Å²) in [5.41, 5.74) is -0.779. The number of carbonyl (C=O) groups is 2. The second kappa shape index (κ2) is 8.53. The van der Waals surface area contributed by atoms with Gasteiger partial charge in [0.2, 0.25) is 0 Å². The molecule has 0 aromatic heterocycles. The van der Waals surface area contributed by atoms with E-state index in [4.69, 9.17) is 18.9 Å². The van der Waals surface area contributed by atoms with E-state index in [1.165, 1.54) is 0 Å². The molecule has 0 aliphatic heterocycles. The Bertz CT molecular complexity index is 542. The summed E-state index contributed by atoms with van der Waals surface area (Å²) in [5.74, 6) is -1.56. The van der Waals surface area contributed by atoms with Crippen LogP contribution in [0, 0.1) is 28.6 Å². The van der Waals surface area contributed by atoms with Crippen LogP contribution in [0.2, 0.25) is 0 Å². The highest BCUT2D eigenvalue weighted by Crippen LogP contribution is 2.62. The maximum Gasteiger partial charge on any atom is 0.310 e. The van der Waals surface area contributed by atoms with Gasteiger partial charge in [0.15, 0.2) is 0 Å². The Morgan fingerprint density at radius 3 is 1.88 bits per heavy atom. The summed E-state index contributed by atoms with van der Waals surface area (Å²) in [6.45, 7) is 7.27. The number of carbonyl (C=O) groups excluding carboxylic acids is 2. The minimum atomic E-state index is -0.546. The maximum atomic E-state index is 13.0. The standard InChI is InChI=1S/C20H32O6/c1-14(2)20-8-6-19(3,7-9-20)15(17(21)25-12-10-23-4)16(20)18(22)26-13-11-24-5/h6,8,14-16H,7,9-13H2,1-5H3/t15-,16-,19+,20-/m1/s1. The molecule has 0 unspecified atom stereocenters. The zero-order valence-corrected chi connectivity index (χ0v) is 16.6. The van der Waals surface area contributed by atoms with E-state index in [9.17, 15) is 9.59 Å². The molecule has 1 fully saturated rings. The highest BCUT2D eigenvalue weighted by atomic mass is 16.6. The number of rotatable bonds is 9. The Morgan fingerprint density at radius 1 is 0.923 bits per heavy atom. The molecule has 0 N–H and O–H groups in total. The first kappa shape index (κ1) is 20.9. The lowest BCUT2D eigenvalue weighted by atomic mass is 9.46. The molecule has 2 bridgehead atoms. The van der Waals surface area contributed by atoms with Gasteiger partial charge >= 0.3 is 11.9 Å². The molecule has 3 aliphatic rings. The van der Waals surface area contributed by atoms with E-state index in [0.29, 0.717) is 13.2 Å². The van der Waals surface area contributed by atoms with E-state index < -0.39 is 17.3 Å². The second-order valence-electron chi connectivity index (χ2n) is 7.88. The first-order valence-electron chi connectivity index (χ1n) is 9.34. The molecule has 0 heterocycles. The Balaban J connectivity index is 2.33. The molecular weight excluding hydrogens is 336 g/mol. The van der Waals surface area contributed by atoms with Gasteiger partial charge in [0, 0.05) is 19.6 Å². The number of ether oxygens (including phenoxy) is 4. The second-order valence-corrected chi connectivity index (χ2v) is 7.88. The molecular formula is C20H32O6. The van der Waals surface area contributed by atoms with Crippen molar-refractivity contribution in [3.63, 3.8) is 0 Å². The molecule has 0 aromatic rings. The van der Waals surface area contributed by atoms with Crippen molar-refractivity contribution in [2.24, 2.45) is 28.6 Å². The predicted octanol–water partition coefficient (Wildman–Crippen LogP) is 2.61. The van der Waals surface area contributed by atoms with Crippen LogP contribution >= 0.6 is 0 Å². The highest BCUT2D eigenvalue weighted by Gasteiger charge is 2.62. The summed E-state index contributed by atoms with van der Waals surface area (Å²) in [7, 11) is 3.12. The SMILES string of the molecule is COCCOC(=O)[C@H]1[C@H](C(=O)OCCOC)[C@]2(C(C)C)C=C[C@@]1(C)CC2. The van der Waals surface area contributed by atoms with Gasteiger partial charge in [0.1, 0.15) is 13.2 Å². The molecule has 0 spiro atoms. The normalized spacial score (nSPS) is 32.7. The monoisotopic (exact) mass is 368 g/mol. The highest BCUT2D eigenvalue weighted by molar-refractivity contribution is 5.85. The number of allylic oxidation sites excluding steroid dienone is 2. The molecule has 0 aromatic carbocycles. The smallest absolute Gasteiger partial charge is 0.310 e. The first-order chi connectivity index (χ1) is 12.3. The fraction of sp³-hybridized carbons (Fsp3) is 0.800. The molecule has 4 atom stereocenters. The van der Waals surface area contributed by atoms with E-state index in [-0.39, 0.29) is 36.5 Å². The lowest BCUT2D eigenvalue weighted by molar-refractivity contribution is -0.181. The average Bonchev–Trinajstić information content (AvgIpc) is 2.61. The quantitative estimate of drug-likeness (QED) is 0.354. The van der Waals surface area contributed by atoms with Gasteiger partial charge in [-0.3, -0.25) is 9.59 Å². The zero-order valence-electron chi connectivity index (χ0n) is 16.6. The van der Waals surface area contributed by atoms with Gasteiger partial charge in [0.25, 0.3) is 0 Å². The molecule has 148 valence electrons. The van der Waals surface area contributed by atoms with Crippen molar-refractivity contribution in [3.8, 4) is 0 Å². The zero-order chi connectivity index (χ0) is 19.4. The van der Waals surface area contributed by atoms with Crippen molar-refractivity contribution in [1.29, 1.82) is 0 Å². The lowest BCUT2D eigenvalue weighted by Crippen LogP contribution is -2.58. The Hall–Kier alpha value is -1.40. The van der Waals surface area contributed by atoms with Crippen LogP contribution in [0.1, 0.15) is 33.6 Å². The number of esters is 2. The molecule has 6 nitrogen and oxygen atoms in total. The molecule has 3 rings (SSSR count). The Kier molecular flexibility index (Phi) is 6.86. The summed E-state index contributed by atoms with van der Waals surface area (Å²) in [5, 5.41) is 0. The van der Waals surface area contributed by atoms with Crippen molar-refractivity contribution in [1.82, 2.24) is 0 Å². The summed E-state index contributed by atoms with van der Waals surface area (Å²) < 4.78 is 20.9.